The fourth-order valence-corrected chi connectivity index (χ4v) is 1.38. The van der Waals surface area contributed by atoms with Gasteiger partial charge in [0.25, 0.3) is 0 Å². The van der Waals surface area contributed by atoms with Crippen molar-refractivity contribution in [2.75, 3.05) is 0 Å². The zero-order valence-corrected chi connectivity index (χ0v) is 10.1. The van der Waals surface area contributed by atoms with E-state index in [-0.39, 0.29) is 0 Å². The minimum absolute atomic E-state index is 0.630. The first-order valence-corrected chi connectivity index (χ1v) is 5.64. The number of H-pyrrole nitrogens is 1. The predicted octanol–water partition coefficient (Wildman–Crippen LogP) is 2.42. The number of hydrogen-bond acceptors (Lipinski definition) is 4. The van der Waals surface area contributed by atoms with E-state index in [4.69, 9.17) is 5.26 Å². The fourth-order valence-electron chi connectivity index (χ4n) is 1.38. The Morgan fingerprint density at radius 1 is 0.895 bits per heavy atom. The summed E-state index contributed by atoms with van der Waals surface area (Å²) in [5.41, 5.74) is 1.69. The standard InChI is InChI=1S/C7H6N4.C7H5N/c1-2-4-6(5-3-1)7-8-10-11-9-7;8-6-7-4-2-1-3-5-7/h1-5H,(H,8,9,10,11);1-5H. The van der Waals surface area contributed by atoms with E-state index in [2.05, 4.69) is 20.6 Å². The topological polar surface area (TPSA) is 78.2 Å². The molecule has 92 valence electrons. The highest BCUT2D eigenvalue weighted by Crippen LogP contribution is 2.10. The molecule has 0 saturated carbocycles. The van der Waals surface area contributed by atoms with Crippen LogP contribution in [0.15, 0.2) is 60.7 Å². The first kappa shape index (κ1) is 12.5. The quantitative estimate of drug-likeness (QED) is 0.718. The number of tetrazole rings is 1. The number of nitrogens with one attached hydrogen (secondary N) is 1. The number of nitriles is 1. The largest absolute Gasteiger partial charge is 0.204 e. The molecule has 2 aromatic carbocycles. The molecule has 3 rings (SSSR count). The second-order valence-corrected chi connectivity index (χ2v) is 3.58. The van der Waals surface area contributed by atoms with Crippen LogP contribution in [-0.4, -0.2) is 20.6 Å². The van der Waals surface area contributed by atoms with Gasteiger partial charge in [-0.2, -0.15) is 10.5 Å². The highest BCUT2D eigenvalue weighted by atomic mass is 15.5. The number of aromatic nitrogens is 4. The molecule has 1 heterocycles. The molecule has 0 aliphatic heterocycles. The Balaban J connectivity index is 0.000000148. The summed E-state index contributed by atoms with van der Waals surface area (Å²) < 4.78 is 0. The lowest BCUT2D eigenvalue weighted by Gasteiger charge is -1.89. The van der Waals surface area contributed by atoms with Crippen molar-refractivity contribution in [1.29, 1.82) is 5.26 Å². The maximum atomic E-state index is 8.29. The van der Waals surface area contributed by atoms with Crippen LogP contribution in [0.25, 0.3) is 11.4 Å². The van der Waals surface area contributed by atoms with Crippen LogP contribution in [0.1, 0.15) is 5.56 Å². The monoisotopic (exact) mass is 249 g/mol. The minimum Gasteiger partial charge on any atom is -0.192 e. The SMILES string of the molecule is N#Cc1ccccc1.c1ccc(-c2nn[nH]n2)cc1. The van der Waals surface area contributed by atoms with Gasteiger partial charge in [0.2, 0.25) is 5.82 Å². The van der Waals surface area contributed by atoms with E-state index >= 15 is 0 Å². The van der Waals surface area contributed by atoms with E-state index in [1.165, 1.54) is 0 Å². The van der Waals surface area contributed by atoms with Gasteiger partial charge in [-0.3, -0.25) is 0 Å². The van der Waals surface area contributed by atoms with Crippen LogP contribution in [0.5, 0.6) is 0 Å². The van der Waals surface area contributed by atoms with Gasteiger partial charge in [-0.15, -0.1) is 10.2 Å². The number of rotatable bonds is 1. The Bertz CT molecular complexity index is 627. The fraction of sp³-hybridized carbons (Fsp3) is 0. The Hall–Kier alpha value is -3.00. The van der Waals surface area contributed by atoms with Gasteiger partial charge in [-0.1, -0.05) is 48.5 Å². The van der Waals surface area contributed by atoms with Gasteiger partial charge in [0, 0.05) is 5.56 Å². The summed E-state index contributed by atoms with van der Waals surface area (Å²) in [6, 6.07) is 20.9. The zero-order valence-electron chi connectivity index (χ0n) is 10.1. The maximum absolute atomic E-state index is 8.29. The molecule has 0 aliphatic rings. The molecular formula is C14H11N5. The highest BCUT2D eigenvalue weighted by molar-refractivity contribution is 5.52. The van der Waals surface area contributed by atoms with Crippen molar-refractivity contribution in [1.82, 2.24) is 20.6 Å². The predicted molar refractivity (Wildman–Crippen MR) is 70.8 cm³/mol. The summed E-state index contributed by atoms with van der Waals surface area (Å²) in [5, 5.41) is 21.8. The second kappa shape index (κ2) is 6.67. The van der Waals surface area contributed by atoms with Crippen LogP contribution in [-0.2, 0) is 0 Å². The highest BCUT2D eigenvalue weighted by Gasteiger charge is 1.98. The third kappa shape index (κ3) is 3.75. The average molecular weight is 249 g/mol. The first-order chi connectivity index (χ1) is 9.40. The molecule has 0 fully saturated rings. The number of hydrogen-bond donors (Lipinski definition) is 1. The molecule has 19 heavy (non-hydrogen) atoms. The molecule has 0 spiro atoms. The molecule has 1 N–H and O–H groups in total. The van der Waals surface area contributed by atoms with Gasteiger partial charge in [0.05, 0.1) is 11.6 Å². The smallest absolute Gasteiger partial charge is 0.192 e. The zero-order chi connectivity index (χ0) is 13.3. The molecule has 1 aromatic heterocycles. The van der Waals surface area contributed by atoms with Crippen molar-refractivity contribution in [3.8, 4) is 17.5 Å². The summed E-state index contributed by atoms with van der Waals surface area (Å²) >= 11 is 0. The lowest BCUT2D eigenvalue weighted by atomic mass is 10.2. The molecule has 5 heteroatoms. The lowest BCUT2D eigenvalue weighted by molar-refractivity contribution is 0.881. The summed E-state index contributed by atoms with van der Waals surface area (Å²) in [6.07, 6.45) is 0. The summed E-state index contributed by atoms with van der Waals surface area (Å²) in [5.74, 6) is 0.630. The van der Waals surface area contributed by atoms with Gasteiger partial charge in [-0.05, 0) is 17.3 Å². The van der Waals surface area contributed by atoms with E-state index < -0.39 is 0 Å². The molecule has 0 unspecified atom stereocenters. The molecule has 0 bridgehead atoms. The van der Waals surface area contributed by atoms with Gasteiger partial charge in [-0.25, -0.2) is 0 Å². The van der Waals surface area contributed by atoms with Crippen LogP contribution in [0.3, 0.4) is 0 Å². The molecule has 0 saturated heterocycles. The van der Waals surface area contributed by atoms with Crippen molar-refractivity contribution in [3.63, 3.8) is 0 Å². The van der Waals surface area contributed by atoms with E-state index in [9.17, 15) is 0 Å². The van der Waals surface area contributed by atoms with Gasteiger partial charge >= 0.3 is 0 Å². The average Bonchev–Trinajstić information content (AvgIpc) is 3.04. The van der Waals surface area contributed by atoms with Crippen LogP contribution < -0.4 is 0 Å². The van der Waals surface area contributed by atoms with Gasteiger partial charge in [0.1, 0.15) is 0 Å². The summed E-state index contributed by atoms with van der Waals surface area (Å²) in [4.78, 5) is 0. The minimum atomic E-state index is 0.630. The third-order valence-electron chi connectivity index (χ3n) is 2.28. The van der Waals surface area contributed by atoms with E-state index in [1.807, 2.05) is 54.6 Å². The Morgan fingerprint density at radius 3 is 2.00 bits per heavy atom. The van der Waals surface area contributed by atoms with Crippen LogP contribution >= 0.6 is 0 Å². The molecule has 0 atom stereocenters. The van der Waals surface area contributed by atoms with Crippen LogP contribution in [0, 0.1) is 11.3 Å². The molecule has 5 nitrogen and oxygen atoms in total. The van der Waals surface area contributed by atoms with E-state index in [1.54, 1.807) is 12.1 Å². The summed E-state index contributed by atoms with van der Waals surface area (Å²) in [7, 11) is 0. The molecule has 0 amide bonds. The first-order valence-electron chi connectivity index (χ1n) is 5.64. The Labute approximate surface area is 110 Å². The van der Waals surface area contributed by atoms with E-state index in [0.29, 0.717) is 11.4 Å². The molecule has 0 radical (unpaired) electrons. The van der Waals surface area contributed by atoms with Crippen molar-refractivity contribution in [2.45, 2.75) is 0 Å². The molecule has 3 aromatic rings. The van der Waals surface area contributed by atoms with Crippen LogP contribution in [0.4, 0.5) is 0 Å². The second-order valence-electron chi connectivity index (χ2n) is 3.58. The number of nitrogens with zero attached hydrogens (tertiary/aromatic N) is 4. The van der Waals surface area contributed by atoms with Crippen molar-refractivity contribution in [3.05, 3.63) is 66.2 Å². The molecular weight excluding hydrogens is 238 g/mol. The van der Waals surface area contributed by atoms with Crippen molar-refractivity contribution >= 4 is 0 Å². The lowest BCUT2D eigenvalue weighted by Crippen LogP contribution is -1.78. The Kier molecular flexibility index (Phi) is 4.37. The van der Waals surface area contributed by atoms with E-state index in [0.717, 1.165) is 5.56 Å². The van der Waals surface area contributed by atoms with Gasteiger partial charge < -0.3 is 0 Å². The van der Waals surface area contributed by atoms with Gasteiger partial charge in [0.15, 0.2) is 0 Å². The number of benzene rings is 2. The normalized spacial score (nSPS) is 9.00. The third-order valence-corrected chi connectivity index (χ3v) is 2.28. The summed E-state index contributed by atoms with van der Waals surface area (Å²) in [6.45, 7) is 0. The Morgan fingerprint density at radius 2 is 1.53 bits per heavy atom. The maximum Gasteiger partial charge on any atom is 0.204 e. The molecule has 0 aliphatic carbocycles. The van der Waals surface area contributed by atoms with Crippen molar-refractivity contribution in [2.24, 2.45) is 0 Å². The van der Waals surface area contributed by atoms with Crippen molar-refractivity contribution < 1.29 is 0 Å². The number of aromatic amines is 1. The van der Waals surface area contributed by atoms with Crippen LogP contribution in [0.2, 0.25) is 0 Å².